The van der Waals surface area contributed by atoms with Crippen LogP contribution in [0.1, 0.15) is 17.7 Å². The highest BCUT2D eigenvalue weighted by atomic mass is 32.1. The Morgan fingerprint density at radius 3 is 2.74 bits per heavy atom. The lowest BCUT2D eigenvalue weighted by Gasteiger charge is -2.15. The number of aromatic nitrogens is 2. The van der Waals surface area contributed by atoms with Crippen molar-refractivity contribution < 1.29 is 14.3 Å². The molecule has 1 heterocycles. The summed E-state index contributed by atoms with van der Waals surface area (Å²) < 4.78 is 6.39. The zero-order chi connectivity index (χ0) is 14.4. The molecule has 0 bridgehead atoms. The lowest BCUT2D eigenvalue weighted by Crippen LogP contribution is -2.43. The van der Waals surface area contributed by atoms with Gasteiger partial charge in [0.2, 0.25) is 5.91 Å². The summed E-state index contributed by atoms with van der Waals surface area (Å²) in [5.74, 6) is -0.242. The molecule has 1 aromatic heterocycles. The predicted molar refractivity (Wildman–Crippen MR) is 74.1 cm³/mol. The summed E-state index contributed by atoms with van der Waals surface area (Å²) in [5, 5.41) is 6.86. The van der Waals surface area contributed by atoms with Gasteiger partial charge in [-0.15, -0.1) is 0 Å². The van der Waals surface area contributed by atoms with E-state index in [1.165, 1.54) is 7.11 Å². The Kier molecular flexibility index (Phi) is 5.88. The zero-order valence-corrected chi connectivity index (χ0v) is 12.2. The Hall–Kier alpha value is -1.50. The first-order valence-electron chi connectivity index (χ1n) is 5.95. The number of carbonyl (C=O) groups excluding carboxylic acids is 2. The standard InChI is InChI=1S/C12H19N3O3S/c1-8-9(7-15(2)14-8)6-10(12(17)18-3)13-11(16)4-5-19/h7,10,19H,4-6H2,1-3H3,(H,13,16). The average Bonchev–Trinajstić information content (AvgIpc) is 2.66. The maximum atomic E-state index is 11.7. The molecule has 0 fully saturated rings. The van der Waals surface area contributed by atoms with Gasteiger partial charge < -0.3 is 10.1 Å². The van der Waals surface area contributed by atoms with E-state index in [1.54, 1.807) is 4.68 Å². The SMILES string of the molecule is COC(=O)C(Cc1cn(C)nc1C)NC(=O)CCS. The molecular weight excluding hydrogens is 266 g/mol. The Bertz CT molecular complexity index is 459. The van der Waals surface area contributed by atoms with Crippen molar-refractivity contribution in [3.63, 3.8) is 0 Å². The molecule has 1 rings (SSSR count). The van der Waals surface area contributed by atoms with Crippen molar-refractivity contribution in [1.82, 2.24) is 15.1 Å². The molecule has 1 N–H and O–H groups in total. The van der Waals surface area contributed by atoms with Crippen LogP contribution in [0.15, 0.2) is 6.20 Å². The maximum Gasteiger partial charge on any atom is 0.328 e. The average molecular weight is 285 g/mol. The number of carbonyl (C=O) groups is 2. The van der Waals surface area contributed by atoms with E-state index in [0.29, 0.717) is 12.2 Å². The van der Waals surface area contributed by atoms with Gasteiger partial charge in [-0.25, -0.2) is 4.79 Å². The Morgan fingerprint density at radius 2 is 2.26 bits per heavy atom. The minimum Gasteiger partial charge on any atom is -0.467 e. The third kappa shape index (κ3) is 4.59. The number of hydrogen-bond acceptors (Lipinski definition) is 5. The van der Waals surface area contributed by atoms with E-state index in [4.69, 9.17) is 4.74 Å². The summed E-state index contributed by atoms with van der Waals surface area (Å²) in [6.45, 7) is 1.86. The molecule has 7 heteroatoms. The highest BCUT2D eigenvalue weighted by molar-refractivity contribution is 7.80. The fourth-order valence-corrected chi connectivity index (χ4v) is 1.98. The molecular formula is C12H19N3O3S. The Morgan fingerprint density at radius 1 is 1.58 bits per heavy atom. The van der Waals surface area contributed by atoms with Gasteiger partial charge in [-0.3, -0.25) is 9.48 Å². The van der Waals surface area contributed by atoms with E-state index < -0.39 is 12.0 Å². The summed E-state index contributed by atoms with van der Waals surface area (Å²) in [6, 6.07) is -0.694. The summed E-state index contributed by atoms with van der Waals surface area (Å²) in [7, 11) is 3.11. The second-order valence-corrected chi connectivity index (χ2v) is 4.68. The van der Waals surface area contributed by atoms with E-state index in [1.807, 2.05) is 20.2 Å². The van der Waals surface area contributed by atoms with Crippen LogP contribution in [-0.4, -0.2) is 40.6 Å². The number of esters is 1. The lowest BCUT2D eigenvalue weighted by atomic mass is 10.1. The molecule has 106 valence electrons. The molecule has 19 heavy (non-hydrogen) atoms. The van der Waals surface area contributed by atoms with Gasteiger partial charge in [-0.1, -0.05) is 0 Å². The number of aryl methyl sites for hydroxylation is 2. The zero-order valence-electron chi connectivity index (χ0n) is 11.3. The third-order valence-corrected chi connectivity index (χ3v) is 2.92. The number of hydrogen-bond donors (Lipinski definition) is 2. The van der Waals surface area contributed by atoms with Crippen molar-refractivity contribution in [3.05, 3.63) is 17.5 Å². The second kappa shape index (κ2) is 7.18. The van der Waals surface area contributed by atoms with E-state index in [0.717, 1.165) is 11.3 Å². The molecule has 0 aliphatic heterocycles. The van der Waals surface area contributed by atoms with Gasteiger partial charge in [0.05, 0.1) is 12.8 Å². The van der Waals surface area contributed by atoms with Crippen molar-refractivity contribution in [2.45, 2.75) is 25.8 Å². The molecule has 0 aliphatic rings. The van der Waals surface area contributed by atoms with Crippen LogP contribution in [0, 0.1) is 6.92 Å². The van der Waals surface area contributed by atoms with Crippen LogP contribution in [0.3, 0.4) is 0 Å². The number of thiol groups is 1. The molecule has 1 aromatic rings. The molecule has 0 saturated carbocycles. The fraction of sp³-hybridized carbons (Fsp3) is 0.583. The minimum atomic E-state index is -0.694. The van der Waals surface area contributed by atoms with Gasteiger partial charge in [0.1, 0.15) is 6.04 Å². The first-order chi connectivity index (χ1) is 8.97. The highest BCUT2D eigenvalue weighted by Crippen LogP contribution is 2.09. The summed E-state index contributed by atoms with van der Waals surface area (Å²) in [4.78, 5) is 23.3. The van der Waals surface area contributed by atoms with Crippen molar-refractivity contribution in [2.24, 2.45) is 7.05 Å². The van der Waals surface area contributed by atoms with Crippen LogP contribution in [0.25, 0.3) is 0 Å². The highest BCUT2D eigenvalue weighted by Gasteiger charge is 2.23. The lowest BCUT2D eigenvalue weighted by molar-refractivity contribution is -0.145. The summed E-state index contributed by atoms with van der Waals surface area (Å²) in [5.41, 5.74) is 1.74. The number of nitrogens with zero attached hydrogens (tertiary/aromatic N) is 2. The van der Waals surface area contributed by atoms with Gasteiger partial charge >= 0.3 is 5.97 Å². The van der Waals surface area contributed by atoms with Crippen molar-refractivity contribution in [2.75, 3.05) is 12.9 Å². The van der Waals surface area contributed by atoms with Crippen molar-refractivity contribution >= 4 is 24.5 Å². The summed E-state index contributed by atoms with van der Waals surface area (Å²) in [6.07, 6.45) is 2.46. The fourth-order valence-electron chi connectivity index (χ4n) is 1.77. The number of ether oxygens (including phenoxy) is 1. The van der Waals surface area contributed by atoms with Crippen LogP contribution < -0.4 is 5.32 Å². The number of nitrogens with one attached hydrogen (secondary N) is 1. The topological polar surface area (TPSA) is 73.2 Å². The monoisotopic (exact) mass is 285 g/mol. The van der Waals surface area contributed by atoms with E-state index in [2.05, 4.69) is 23.0 Å². The van der Waals surface area contributed by atoms with Crippen LogP contribution in [0.5, 0.6) is 0 Å². The van der Waals surface area contributed by atoms with E-state index in [9.17, 15) is 9.59 Å². The van der Waals surface area contributed by atoms with Crippen LogP contribution in [-0.2, 0) is 27.8 Å². The molecule has 0 spiro atoms. The molecule has 6 nitrogen and oxygen atoms in total. The molecule has 0 aliphatic carbocycles. The Balaban J connectivity index is 2.77. The third-order valence-electron chi connectivity index (χ3n) is 2.70. The van der Waals surface area contributed by atoms with Gasteiger partial charge in [0.15, 0.2) is 0 Å². The second-order valence-electron chi connectivity index (χ2n) is 4.23. The summed E-state index contributed by atoms with van der Waals surface area (Å²) >= 11 is 3.99. The Labute approximate surface area is 117 Å². The molecule has 0 aromatic carbocycles. The molecule has 1 unspecified atom stereocenters. The van der Waals surface area contributed by atoms with Gasteiger partial charge in [-0.2, -0.15) is 17.7 Å². The van der Waals surface area contributed by atoms with Gasteiger partial charge in [-0.05, 0) is 18.2 Å². The van der Waals surface area contributed by atoms with Gasteiger partial charge in [0, 0.05) is 26.1 Å². The number of rotatable bonds is 6. The van der Waals surface area contributed by atoms with Gasteiger partial charge in [0.25, 0.3) is 0 Å². The van der Waals surface area contributed by atoms with E-state index in [-0.39, 0.29) is 12.3 Å². The number of amides is 1. The van der Waals surface area contributed by atoms with E-state index >= 15 is 0 Å². The quantitative estimate of drug-likeness (QED) is 0.580. The molecule has 0 saturated heterocycles. The largest absolute Gasteiger partial charge is 0.467 e. The van der Waals surface area contributed by atoms with Crippen LogP contribution in [0.4, 0.5) is 0 Å². The maximum absolute atomic E-state index is 11.7. The first kappa shape index (κ1) is 15.6. The molecule has 0 radical (unpaired) electrons. The predicted octanol–water partition coefficient (Wildman–Crippen LogP) is 0.249. The molecule has 1 amide bonds. The van der Waals surface area contributed by atoms with Crippen LogP contribution in [0.2, 0.25) is 0 Å². The van der Waals surface area contributed by atoms with Crippen LogP contribution >= 0.6 is 12.6 Å². The normalized spacial score (nSPS) is 12.0. The van der Waals surface area contributed by atoms with Crippen molar-refractivity contribution in [3.8, 4) is 0 Å². The minimum absolute atomic E-state index is 0.216. The number of methoxy groups -OCH3 is 1. The molecule has 1 atom stereocenters. The smallest absolute Gasteiger partial charge is 0.328 e. The first-order valence-corrected chi connectivity index (χ1v) is 6.58. The van der Waals surface area contributed by atoms with Crippen molar-refractivity contribution in [1.29, 1.82) is 0 Å².